The van der Waals surface area contributed by atoms with E-state index in [1.54, 1.807) is 20.8 Å². The minimum absolute atomic E-state index is 0.0811. The van der Waals surface area contributed by atoms with E-state index in [-0.39, 0.29) is 31.0 Å². The van der Waals surface area contributed by atoms with Gasteiger partial charge in [-0.2, -0.15) is 0 Å². The van der Waals surface area contributed by atoms with Gasteiger partial charge in [0.2, 0.25) is 5.91 Å². The Morgan fingerprint density at radius 1 is 1.20 bits per heavy atom. The van der Waals surface area contributed by atoms with Crippen LogP contribution in [0.25, 0.3) is 0 Å². The molecule has 1 aliphatic rings. The van der Waals surface area contributed by atoms with Crippen LogP contribution in [0.3, 0.4) is 0 Å². The van der Waals surface area contributed by atoms with Gasteiger partial charge in [-0.25, -0.2) is 4.79 Å². The summed E-state index contributed by atoms with van der Waals surface area (Å²) in [5, 5.41) is 14.9. The van der Waals surface area contributed by atoms with Crippen LogP contribution >= 0.6 is 0 Å². The molecule has 3 N–H and O–H groups in total. The first-order valence-electron chi connectivity index (χ1n) is 7.20. The Morgan fingerprint density at radius 2 is 1.80 bits per heavy atom. The normalized spacial score (nSPS) is 23.0. The second kappa shape index (κ2) is 7.47. The molecular weight excluding hydrogens is 260 g/mol. The topological polar surface area (TPSA) is 87.7 Å². The summed E-state index contributed by atoms with van der Waals surface area (Å²) >= 11 is 0. The Morgan fingerprint density at radius 3 is 2.35 bits per heavy atom. The average molecular weight is 286 g/mol. The van der Waals surface area contributed by atoms with Gasteiger partial charge in [0.25, 0.3) is 0 Å². The first kappa shape index (κ1) is 16.8. The van der Waals surface area contributed by atoms with Crippen molar-refractivity contribution in [2.24, 2.45) is 0 Å². The summed E-state index contributed by atoms with van der Waals surface area (Å²) in [4.78, 5) is 23.1. The van der Waals surface area contributed by atoms with E-state index in [2.05, 4.69) is 10.6 Å². The molecule has 1 saturated carbocycles. The molecule has 0 bridgehead atoms. The summed E-state index contributed by atoms with van der Waals surface area (Å²) in [6.07, 6.45) is 2.60. The van der Waals surface area contributed by atoms with Crippen LogP contribution in [0.5, 0.6) is 0 Å². The fraction of sp³-hybridized carbons (Fsp3) is 0.857. The van der Waals surface area contributed by atoms with Gasteiger partial charge in [-0.3, -0.25) is 4.79 Å². The zero-order valence-corrected chi connectivity index (χ0v) is 12.6. The molecule has 0 aromatic carbocycles. The van der Waals surface area contributed by atoms with Gasteiger partial charge in [0.1, 0.15) is 5.60 Å². The SMILES string of the molecule is CC(C)(C)OC(=O)NCCC(=O)N[C@H]1CC[C@H](O)CC1. The third kappa shape index (κ3) is 7.33. The first-order chi connectivity index (χ1) is 9.26. The van der Waals surface area contributed by atoms with Gasteiger partial charge in [0, 0.05) is 19.0 Å². The molecule has 0 aliphatic heterocycles. The molecule has 116 valence electrons. The lowest BCUT2D eigenvalue weighted by Crippen LogP contribution is -2.40. The quantitative estimate of drug-likeness (QED) is 0.727. The molecule has 0 heterocycles. The van der Waals surface area contributed by atoms with Gasteiger partial charge in [-0.1, -0.05) is 0 Å². The molecule has 0 spiro atoms. The van der Waals surface area contributed by atoms with Gasteiger partial charge < -0.3 is 20.5 Å². The van der Waals surface area contributed by atoms with Crippen LogP contribution in [0.2, 0.25) is 0 Å². The fourth-order valence-corrected chi connectivity index (χ4v) is 2.11. The van der Waals surface area contributed by atoms with Crippen molar-refractivity contribution in [2.45, 2.75) is 70.6 Å². The number of amides is 2. The smallest absolute Gasteiger partial charge is 0.407 e. The van der Waals surface area contributed by atoms with Crippen LogP contribution < -0.4 is 10.6 Å². The molecule has 6 nitrogen and oxygen atoms in total. The van der Waals surface area contributed by atoms with Crippen LogP contribution in [0.15, 0.2) is 0 Å². The minimum Gasteiger partial charge on any atom is -0.444 e. The highest BCUT2D eigenvalue weighted by Gasteiger charge is 2.21. The molecule has 0 atom stereocenters. The molecule has 0 aromatic heterocycles. The lowest BCUT2D eigenvalue weighted by molar-refractivity contribution is -0.122. The summed E-state index contributed by atoms with van der Waals surface area (Å²) in [5.41, 5.74) is -0.532. The third-order valence-corrected chi connectivity index (χ3v) is 3.08. The largest absolute Gasteiger partial charge is 0.444 e. The number of aliphatic hydroxyl groups excluding tert-OH is 1. The molecule has 1 fully saturated rings. The number of nitrogens with one attached hydrogen (secondary N) is 2. The van der Waals surface area contributed by atoms with Gasteiger partial charge in [0.15, 0.2) is 0 Å². The Bertz CT molecular complexity index is 331. The second-order valence-electron chi connectivity index (χ2n) is 6.25. The van der Waals surface area contributed by atoms with E-state index in [0.717, 1.165) is 25.7 Å². The maximum atomic E-state index is 11.7. The van der Waals surface area contributed by atoms with Gasteiger partial charge in [-0.15, -0.1) is 0 Å². The highest BCUT2D eigenvalue weighted by Crippen LogP contribution is 2.18. The van der Waals surface area contributed by atoms with Crippen molar-refractivity contribution in [3.05, 3.63) is 0 Å². The number of ether oxygens (including phenoxy) is 1. The Labute approximate surface area is 120 Å². The molecule has 1 aliphatic carbocycles. The number of carbonyl (C=O) groups is 2. The Balaban J connectivity index is 2.13. The molecule has 0 aromatic rings. The van der Waals surface area contributed by atoms with Crippen LogP contribution in [-0.4, -0.2) is 41.4 Å². The lowest BCUT2D eigenvalue weighted by Gasteiger charge is -2.26. The summed E-state index contributed by atoms with van der Waals surface area (Å²) in [7, 11) is 0. The second-order valence-corrected chi connectivity index (χ2v) is 6.25. The molecule has 0 radical (unpaired) electrons. The Hall–Kier alpha value is -1.30. The third-order valence-electron chi connectivity index (χ3n) is 3.08. The zero-order chi connectivity index (χ0) is 15.2. The molecule has 1 rings (SSSR count). The van der Waals surface area contributed by atoms with Crippen molar-refractivity contribution in [1.82, 2.24) is 10.6 Å². The zero-order valence-electron chi connectivity index (χ0n) is 12.6. The molecule has 0 saturated heterocycles. The van der Waals surface area contributed by atoms with E-state index in [4.69, 9.17) is 4.74 Å². The fourth-order valence-electron chi connectivity index (χ4n) is 2.11. The van der Waals surface area contributed by atoms with E-state index in [1.807, 2.05) is 0 Å². The number of aliphatic hydroxyl groups is 1. The summed E-state index contributed by atoms with van der Waals surface area (Å²) in [5.74, 6) is -0.0811. The van der Waals surface area contributed by atoms with E-state index in [9.17, 15) is 14.7 Å². The summed E-state index contributed by atoms with van der Waals surface area (Å²) in [6.45, 7) is 5.63. The maximum absolute atomic E-state index is 11.7. The van der Waals surface area contributed by atoms with Crippen LogP contribution in [-0.2, 0) is 9.53 Å². The highest BCUT2D eigenvalue weighted by molar-refractivity contribution is 5.77. The number of hydrogen-bond donors (Lipinski definition) is 3. The summed E-state index contributed by atoms with van der Waals surface area (Å²) < 4.78 is 5.07. The number of rotatable bonds is 4. The maximum Gasteiger partial charge on any atom is 0.407 e. The van der Waals surface area contributed by atoms with Crippen molar-refractivity contribution in [3.8, 4) is 0 Å². The van der Waals surface area contributed by atoms with E-state index >= 15 is 0 Å². The van der Waals surface area contributed by atoms with E-state index in [1.165, 1.54) is 0 Å². The first-order valence-corrected chi connectivity index (χ1v) is 7.20. The molecule has 2 amide bonds. The molecule has 20 heavy (non-hydrogen) atoms. The monoisotopic (exact) mass is 286 g/mol. The van der Waals surface area contributed by atoms with Crippen molar-refractivity contribution in [3.63, 3.8) is 0 Å². The highest BCUT2D eigenvalue weighted by atomic mass is 16.6. The number of alkyl carbamates (subject to hydrolysis) is 1. The summed E-state index contributed by atoms with van der Waals surface area (Å²) in [6, 6.07) is 0.146. The standard InChI is InChI=1S/C14H26N2O4/c1-14(2,3)20-13(19)15-9-8-12(18)16-10-4-6-11(17)7-5-10/h10-11,17H,4-9H2,1-3H3,(H,15,19)(H,16,18)/t10-,11-. The molecule has 0 unspecified atom stereocenters. The Kier molecular flexibility index (Phi) is 6.26. The van der Waals surface area contributed by atoms with Crippen molar-refractivity contribution in [2.75, 3.05) is 6.54 Å². The van der Waals surface area contributed by atoms with Gasteiger partial charge in [0.05, 0.1) is 6.10 Å². The lowest BCUT2D eigenvalue weighted by atomic mass is 9.93. The van der Waals surface area contributed by atoms with Crippen LogP contribution in [0.4, 0.5) is 4.79 Å². The predicted molar refractivity (Wildman–Crippen MR) is 75.3 cm³/mol. The number of hydrogen-bond acceptors (Lipinski definition) is 4. The van der Waals surface area contributed by atoms with E-state index in [0.29, 0.717) is 0 Å². The van der Waals surface area contributed by atoms with Crippen molar-refractivity contribution < 1.29 is 19.4 Å². The van der Waals surface area contributed by atoms with Gasteiger partial charge in [-0.05, 0) is 46.5 Å². The van der Waals surface area contributed by atoms with Crippen molar-refractivity contribution >= 4 is 12.0 Å². The minimum atomic E-state index is -0.532. The number of carbonyl (C=O) groups excluding carboxylic acids is 2. The average Bonchev–Trinajstić information content (AvgIpc) is 2.29. The van der Waals surface area contributed by atoms with Crippen molar-refractivity contribution in [1.29, 1.82) is 0 Å². The molecule has 6 heteroatoms. The molecular formula is C14H26N2O4. The van der Waals surface area contributed by atoms with E-state index < -0.39 is 11.7 Å². The van der Waals surface area contributed by atoms with Crippen LogP contribution in [0, 0.1) is 0 Å². The predicted octanol–water partition coefficient (Wildman–Crippen LogP) is 1.32. The van der Waals surface area contributed by atoms with Gasteiger partial charge >= 0.3 is 6.09 Å². The van der Waals surface area contributed by atoms with Crippen LogP contribution in [0.1, 0.15) is 52.9 Å².